The Labute approximate surface area is 122 Å². The van der Waals surface area contributed by atoms with Crippen molar-refractivity contribution in [1.82, 2.24) is 0 Å². The summed E-state index contributed by atoms with van der Waals surface area (Å²) in [5.74, 6) is -0.0503. The molecule has 20 heavy (non-hydrogen) atoms. The summed E-state index contributed by atoms with van der Waals surface area (Å²) in [7, 11) is 0. The van der Waals surface area contributed by atoms with E-state index in [2.05, 4.69) is 26.0 Å². The third-order valence-electron chi connectivity index (χ3n) is 4.29. The van der Waals surface area contributed by atoms with Gasteiger partial charge in [0.2, 0.25) is 0 Å². The van der Waals surface area contributed by atoms with Crippen molar-refractivity contribution in [3.63, 3.8) is 0 Å². The van der Waals surface area contributed by atoms with Gasteiger partial charge in [-0.1, -0.05) is 32.0 Å². The first-order chi connectivity index (χ1) is 9.39. The monoisotopic (exact) mass is 277 g/mol. The number of benzene rings is 1. The minimum absolute atomic E-state index is 0.130. The van der Waals surface area contributed by atoms with Gasteiger partial charge in [0.1, 0.15) is 0 Å². The molecule has 0 bridgehead atoms. The van der Waals surface area contributed by atoms with Crippen LogP contribution in [0.4, 0.5) is 0 Å². The first kappa shape index (κ1) is 16.7. The maximum absolute atomic E-state index is 12.5. The van der Waals surface area contributed by atoms with Crippen molar-refractivity contribution in [3.05, 3.63) is 34.9 Å². The molecule has 112 valence electrons. The third kappa shape index (κ3) is 3.21. The summed E-state index contributed by atoms with van der Waals surface area (Å²) in [6, 6.07) is 6.20. The lowest BCUT2D eigenvalue weighted by molar-refractivity contribution is -0.157. The highest BCUT2D eigenvalue weighted by Crippen LogP contribution is 2.34. The van der Waals surface area contributed by atoms with Gasteiger partial charge in [0.25, 0.3) is 0 Å². The Morgan fingerprint density at radius 2 is 1.85 bits per heavy atom. The quantitative estimate of drug-likeness (QED) is 0.813. The lowest BCUT2D eigenvalue weighted by Crippen LogP contribution is -2.46. The van der Waals surface area contributed by atoms with E-state index in [1.807, 2.05) is 26.8 Å². The smallest absolute Gasteiger partial charge is 0.313 e. The van der Waals surface area contributed by atoms with Crippen molar-refractivity contribution < 1.29 is 9.53 Å². The van der Waals surface area contributed by atoms with Crippen molar-refractivity contribution in [2.75, 3.05) is 13.2 Å². The standard InChI is InChI=1S/C17H27NO2/c1-6-20-16(19)17(11-18,12(2)3)10-15-13(4)8-7-9-14(15)5/h7-9,12H,6,10-11,18H2,1-5H3. The van der Waals surface area contributed by atoms with Crippen LogP contribution in [0.2, 0.25) is 0 Å². The van der Waals surface area contributed by atoms with Crippen LogP contribution in [0, 0.1) is 25.2 Å². The summed E-state index contributed by atoms with van der Waals surface area (Å²) in [5.41, 5.74) is 8.95. The first-order valence-corrected chi connectivity index (χ1v) is 7.31. The molecule has 0 aliphatic rings. The van der Waals surface area contributed by atoms with Crippen LogP contribution >= 0.6 is 0 Å². The van der Waals surface area contributed by atoms with Gasteiger partial charge in [-0.15, -0.1) is 0 Å². The van der Waals surface area contributed by atoms with Gasteiger partial charge in [-0.05, 0) is 49.8 Å². The SMILES string of the molecule is CCOC(=O)C(CN)(Cc1c(C)cccc1C)C(C)C. The second-order valence-corrected chi connectivity index (χ2v) is 5.78. The number of carbonyl (C=O) groups excluding carboxylic acids is 1. The van der Waals surface area contributed by atoms with Crippen molar-refractivity contribution in [2.45, 2.75) is 41.0 Å². The number of hydrogen-bond acceptors (Lipinski definition) is 3. The van der Waals surface area contributed by atoms with Gasteiger partial charge in [-0.25, -0.2) is 0 Å². The van der Waals surface area contributed by atoms with E-state index in [0.717, 1.165) is 0 Å². The van der Waals surface area contributed by atoms with E-state index >= 15 is 0 Å². The van der Waals surface area contributed by atoms with Crippen LogP contribution in [0.5, 0.6) is 0 Å². The van der Waals surface area contributed by atoms with Crippen LogP contribution in [0.25, 0.3) is 0 Å². The highest BCUT2D eigenvalue weighted by atomic mass is 16.5. The molecule has 0 radical (unpaired) electrons. The van der Waals surface area contributed by atoms with E-state index < -0.39 is 5.41 Å². The zero-order valence-electron chi connectivity index (χ0n) is 13.3. The fourth-order valence-electron chi connectivity index (χ4n) is 2.62. The minimum atomic E-state index is -0.646. The molecule has 0 amide bonds. The highest BCUT2D eigenvalue weighted by Gasteiger charge is 2.42. The molecular formula is C17H27NO2. The average molecular weight is 277 g/mol. The number of esters is 1. The predicted molar refractivity (Wildman–Crippen MR) is 82.6 cm³/mol. The molecule has 0 saturated heterocycles. The third-order valence-corrected chi connectivity index (χ3v) is 4.29. The van der Waals surface area contributed by atoms with Crippen LogP contribution in [-0.4, -0.2) is 19.1 Å². The van der Waals surface area contributed by atoms with E-state index in [1.54, 1.807) is 0 Å². The average Bonchev–Trinajstić information content (AvgIpc) is 2.38. The molecule has 1 atom stereocenters. The summed E-state index contributed by atoms with van der Waals surface area (Å²) < 4.78 is 5.29. The van der Waals surface area contributed by atoms with Crippen LogP contribution < -0.4 is 5.73 Å². The van der Waals surface area contributed by atoms with Gasteiger partial charge in [0.05, 0.1) is 12.0 Å². The Morgan fingerprint density at radius 1 is 1.30 bits per heavy atom. The Balaban J connectivity index is 3.22. The Morgan fingerprint density at radius 3 is 2.25 bits per heavy atom. The van der Waals surface area contributed by atoms with Crippen molar-refractivity contribution in [3.8, 4) is 0 Å². The molecule has 0 heterocycles. The number of hydrogen-bond donors (Lipinski definition) is 1. The number of aryl methyl sites for hydroxylation is 2. The van der Waals surface area contributed by atoms with Crippen molar-refractivity contribution in [2.24, 2.45) is 17.1 Å². The van der Waals surface area contributed by atoms with Crippen LogP contribution in [0.3, 0.4) is 0 Å². The van der Waals surface area contributed by atoms with Gasteiger partial charge in [0.15, 0.2) is 0 Å². The second kappa shape index (κ2) is 6.89. The summed E-state index contributed by atoms with van der Waals surface area (Å²) in [5, 5.41) is 0. The number of nitrogens with two attached hydrogens (primary N) is 1. The summed E-state index contributed by atoms with van der Waals surface area (Å²) >= 11 is 0. The molecule has 0 fully saturated rings. The molecule has 0 saturated carbocycles. The minimum Gasteiger partial charge on any atom is -0.466 e. The Kier molecular flexibility index (Phi) is 5.75. The van der Waals surface area contributed by atoms with E-state index in [0.29, 0.717) is 19.6 Å². The maximum atomic E-state index is 12.5. The lowest BCUT2D eigenvalue weighted by Gasteiger charge is -2.35. The van der Waals surface area contributed by atoms with Gasteiger partial charge >= 0.3 is 5.97 Å². The number of carbonyl (C=O) groups is 1. The molecule has 1 unspecified atom stereocenters. The van der Waals surface area contributed by atoms with Gasteiger partial charge in [-0.3, -0.25) is 4.79 Å². The van der Waals surface area contributed by atoms with E-state index in [1.165, 1.54) is 16.7 Å². The normalized spacial score (nSPS) is 14.2. The molecular weight excluding hydrogens is 250 g/mol. The van der Waals surface area contributed by atoms with Crippen LogP contribution in [-0.2, 0) is 16.0 Å². The molecule has 1 aromatic carbocycles. The van der Waals surface area contributed by atoms with Crippen LogP contribution in [0.15, 0.2) is 18.2 Å². The maximum Gasteiger partial charge on any atom is 0.313 e. The summed E-state index contributed by atoms with van der Waals surface area (Å²) in [6.07, 6.45) is 0.637. The molecule has 2 N–H and O–H groups in total. The van der Waals surface area contributed by atoms with Crippen LogP contribution in [0.1, 0.15) is 37.5 Å². The largest absolute Gasteiger partial charge is 0.466 e. The van der Waals surface area contributed by atoms with Gasteiger partial charge in [0, 0.05) is 6.54 Å². The lowest BCUT2D eigenvalue weighted by atomic mass is 9.71. The molecule has 3 nitrogen and oxygen atoms in total. The Bertz CT molecular complexity index is 448. The molecule has 1 aromatic rings. The highest BCUT2D eigenvalue weighted by molar-refractivity contribution is 5.78. The van der Waals surface area contributed by atoms with E-state index in [9.17, 15) is 4.79 Å². The van der Waals surface area contributed by atoms with Gasteiger partial charge in [-0.2, -0.15) is 0 Å². The van der Waals surface area contributed by atoms with Crippen molar-refractivity contribution in [1.29, 1.82) is 0 Å². The van der Waals surface area contributed by atoms with Crippen molar-refractivity contribution >= 4 is 5.97 Å². The summed E-state index contributed by atoms with van der Waals surface area (Å²) in [6.45, 7) is 10.8. The first-order valence-electron chi connectivity index (χ1n) is 7.31. The topological polar surface area (TPSA) is 52.3 Å². The van der Waals surface area contributed by atoms with E-state index in [-0.39, 0.29) is 11.9 Å². The fraction of sp³-hybridized carbons (Fsp3) is 0.588. The van der Waals surface area contributed by atoms with E-state index in [4.69, 9.17) is 10.5 Å². The van der Waals surface area contributed by atoms with Gasteiger partial charge < -0.3 is 10.5 Å². The number of ether oxygens (including phenoxy) is 1. The molecule has 0 aliphatic heterocycles. The molecule has 0 spiro atoms. The Hall–Kier alpha value is -1.35. The zero-order valence-corrected chi connectivity index (χ0v) is 13.3. The molecule has 0 aromatic heterocycles. The zero-order chi connectivity index (χ0) is 15.3. The molecule has 3 heteroatoms. The fourth-order valence-corrected chi connectivity index (χ4v) is 2.62. The molecule has 0 aliphatic carbocycles. The summed E-state index contributed by atoms with van der Waals surface area (Å²) in [4.78, 5) is 12.5. The molecule has 1 rings (SSSR count). The second-order valence-electron chi connectivity index (χ2n) is 5.78. The predicted octanol–water partition coefficient (Wildman–Crippen LogP) is 3.01. The number of rotatable bonds is 6.